The number of amides is 2. The van der Waals surface area contributed by atoms with E-state index in [1.807, 2.05) is 41.6 Å². The van der Waals surface area contributed by atoms with Gasteiger partial charge in [0.1, 0.15) is 5.50 Å². The smallest absolute Gasteiger partial charge is 0.318 e. The summed E-state index contributed by atoms with van der Waals surface area (Å²) in [4.78, 5) is 20.1. The molecule has 2 aromatic heterocycles. The van der Waals surface area contributed by atoms with Gasteiger partial charge in [0.25, 0.3) is 0 Å². The number of hydrogen-bond acceptors (Lipinski definition) is 4. The van der Waals surface area contributed by atoms with Crippen molar-refractivity contribution in [2.45, 2.75) is 55.1 Å². The van der Waals surface area contributed by atoms with Crippen LogP contribution >= 0.6 is 11.6 Å². The lowest BCUT2D eigenvalue weighted by atomic mass is 9.71. The SMILES string of the molecule is O=C(NC1(C2=CNC(Cl)C=C2)CCC1)N1CCC2(CCn3nc(-c4cnc5ccccc5c4)cc32)C1. The molecule has 3 aliphatic heterocycles. The normalized spacial score (nSPS) is 26.0. The number of dihydropyridines is 1. The minimum Gasteiger partial charge on any atom is -0.372 e. The molecular formula is C28H29ClN6O. The molecule has 2 amide bonds. The number of likely N-dealkylation sites (tertiary alicyclic amines) is 1. The van der Waals surface area contributed by atoms with E-state index in [1.165, 1.54) is 5.69 Å². The minimum absolute atomic E-state index is 0.0307. The van der Waals surface area contributed by atoms with Gasteiger partial charge >= 0.3 is 6.03 Å². The predicted molar refractivity (Wildman–Crippen MR) is 141 cm³/mol. The van der Waals surface area contributed by atoms with Gasteiger partial charge in [0.15, 0.2) is 0 Å². The number of carbonyl (C=O) groups excluding carboxylic acids is 1. The van der Waals surface area contributed by atoms with Crippen LogP contribution in [0.1, 0.15) is 37.8 Å². The summed E-state index contributed by atoms with van der Waals surface area (Å²) in [6.45, 7) is 2.38. The molecular weight excluding hydrogens is 472 g/mol. The Bertz CT molecular complexity index is 1420. The zero-order valence-corrected chi connectivity index (χ0v) is 20.8. The van der Waals surface area contributed by atoms with Crippen LogP contribution in [-0.4, -0.2) is 49.8 Å². The van der Waals surface area contributed by atoms with Crippen LogP contribution in [0.2, 0.25) is 0 Å². The van der Waals surface area contributed by atoms with E-state index in [0.29, 0.717) is 0 Å². The topological polar surface area (TPSA) is 75.1 Å². The molecule has 7 nitrogen and oxygen atoms in total. The number of pyridine rings is 1. The van der Waals surface area contributed by atoms with E-state index in [4.69, 9.17) is 16.7 Å². The third kappa shape index (κ3) is 3.44. The summed E-state index contributed by atoms with van der Waals surface area (Å²) in [6.07, 6.45) is 12.9. The average molecular weight is 501 g/mol. The second kappa shape index (κ2) is 8.10. The summed E-state index contributed by atoms with van der Waals surface area (Å²) >= 11 is 6.13. The highest BCUT2D eigenvalue weighted by Gasteiger charge is 2.49. The number of rotatable bonds is 3. The second-order valence-electron chi connectivity index (χ2n) is 10.6. The Morgan fingerprint density at radius 3 is 2.81 bits per heavy atom. The van der Waals surface area contributed by atoms with Gasteiger partial charge in [-0.3, -0.25) is 9.67 Å². The molecule has 2 N–H and O–H groups in total. The van der Waals surface area contributed by atoms with Crippen LogP contribution in [-0.2, 0) is 12.0 Å². The van der Waals surface area contributed by atoms with Crippen LogP contribution in [0.5, 0.6) is 0 Å². The number of urea groups is 1. The number of hydrogen-bond donors (Lipinski definition) is 2. The molecule has 1 saturated heterocycles. The van der Waals surface area contributed by atoms with E-state index in [2.05, 4.69) is 44.6 Å². The number of fused-ring (bicyclic) bond motifs is 3. The highest BCUT2D eigenvalue weighted by atomic mass is 35.5. The molecule has 7 rings (SSSR count). The van der Waals surface area contributed by atoms with Crippen molar-refractivity contribution in [2.24, 2.45) is 0 Å². The molecule has 2 atom stereocenters. The fourth-order valence-electron chi connectivity index (χ4n) is 6.33. The molecule has 2 fully saturated rings. The van der Waals surface area contributed by atoms with Gasteiger partial charge in [-0.2, -0.15) is 5.10 Å². The molecule has 1 saturated carbocycles. The highest BCUT2D eigenvalue weighted by molar-refractivity contribution is 6.21. The van der Waals surface area contributed by atoms with Gasteiger partial charge in [-0.05, 0) is 62.0 Å². The van der Waals surface area contributed by atoms with Crippen molar-refractivity contribution in [3.05, 3.63) is 72.2 Å². The van der Waals surface area contributed by atoms with Crippen LogP contribution in [0, 0.1) is 0 Å². The highest BCUT2D eigenvalue weighted by Crippen LogP contribution is 2.45. The lowest BCUT2D eigenvalue weighted by Gasteiger charge is -2.45. The lowest BCUT2D eigenvalue weighted by Crippen LogP contribution is -2.58. The monoisotopic (exact) mass is 500 g/mol. The van der Waals surface area contributed by atoms with Gasteiger partial charge in [0, 0.05) is 54.1 Å². The number of aryl methyl sites for hydroxylation is 1. The van der Waals surface area contributed by atoms with Gasteiger partial charge in [0.05, 0.1) is 16.7 Å². The minimum atomic E-state index is -0.291. The Balaban J connectivity index is 1.10. The van der Waals surface area contributed by atoms with Crippen molar-refractivity contribution in [1.82, 2.24) is 30.3 Å². The molecule has 36 heavy (non-hydrogen) atoms. The van der Waals surface area contributed by atoms with Crippen molar-refractivity contribution in [2.75, 3.05) is 13.1 Å². The Morgan fingerprint density at radius 1 is 1.14 bits per heavy atom. The Labute approximate surface area is 215 Å². The maximum Gasteiger partial charge on any atom is 0.318 e. The first kappa shape index (κ1) is 21.9. The molecule has 3 aromatic rings. The first-order valence-electron chi connectivity index (χ1n) is 12.8. The fourth-order valence-corrected chi connectivity index (χ4v) is 6.47. The van der Waals surface area contributed by atoms with Crippen molar-refractivity contribution in [1.29, 1.82) is 0 Å². The zero-order chi connectivity index (χ0) is 24.3. The number of nitrogens with one attached hydrogen (secondary N) is 2. The van der Waals surface area contributed by atoms with E-state index in [0.717, 1.165) is 79.5 Å². The van der Waals surface area contributed by atoms with Crippen molar-refractivity contribution < 1.29 is 4.79 Å². The van der Waals surface area contributed by atoms with E-state index < -0.39 is 0 Å². The van der Waals surface area contributed by atoms with Gasteiger partial charge in [-0.25, -0.2) is 4.79 Å². The van der Waals surface area contributed by atoms with Gasteiger partial charge in [-0.1, -0.05) is 35.9 Å². The molecule has 8 heteroatoms. The summed E-state index contributed by atoms with van der Waals surface area (Å²) in [5.74, 6) is 0. The Kier molecular flexibility index (Phi) is 4.93. The molecule has 1 spiro atoms. The summed E-state index contributed by atoms with van der Waals surface area (Å²) < 4.78 is 2.14. The van der Waals surface area contributed by atoms with Crippen LogP contribution in [0.3, 0.4) is 0 Å². The van der Waals surface area contributed by atoms with Crippen LogP contribution in [0.25, 0.3) is 22.2 Å². The maximum absolute atomic E-state index is 13.5. The first-order valence-corrected chi connectivity index (χ1v) is 13.3. The summed E-state index contributed by atoms with van der Waals surface area (Å²) in [5, 5.41) is 12.6. The molecule has 1 aliphatic carbocycles. The molecule has 184 valence electrons. The van der Waals surface area contributed by atoms with Crippen molar-refractivity contribution in [3.63, 3.8) is 0 Å². The molecule has 0 radical (unpaired) electrons. The van der Waals surface area contributed by atoms with Crippen molar-refractivity contribution >= 4 is 28.5 Å². The molecule has 5 heterocycles. The fraction of sp³-hybridized carbons (Fsp3) is 0.393. The molecule has 2 unspecified atom stereocenters. The molecule has 0 bridgehead atoms. The number of halogens is 1. The van der Waals surface area contributed by atoms with E-state index >= 15 is 0 Å². The summed E-state index contributed by atoms with van der Waals surface area (Å²) in [6, 6.07) is 12.6. The van der Waals surface area contributed by atoms with E-state index in [-0.39, 0.29) is 22.5 Å². The summed E-state index contributed by atoms with van der Waals surface area (Å²) in [7, 11) is 0. The number of benzene rings is 1. The number of aromatic nitrogens is 3. The zero-order valence-electron chi connectivity index (χ0n) is 20.1. The standard InChI is InChI=1S/C28H29ClN6O/c29-25-7-6-21(17-31-25)28(8-3-9-28)32-26(36)34-12-10-27(18-34)11-13-35-24(27)15-23(33-35)20-14-19-4-1-2-5-22(19)30-16-20/h1-2,4-7,14-17,25,31H,3,8-13,18H2,(H,32,36). The Morgan fingerprint density at radius 2 is 2.00 bits per heavy atom. The molecule has 1 aromatic carbocycles. The van der Waals surface area contributed by atoms with Crippen LogP contribution in [0.15, 0.2) is 66.5 Å². The number of alkyl halides is 1. The van der Waals surface area contributed by atoms with Crippen molar-refractivity contribution in [3.8, 4) is 11.3 Å². The van der Waals surface area contributed by atoms with Crippen LogP contribution in [0.4, 0.5) is 4.79 Å². The lowest BCUT2D eigenvalue weighted by molar-refractivity contribution is 0.173. The number of para-hydroxylation sites is 1. The van der Waals surface area contributed by atoms with Gasteiger partial charge in [0.2, 0.25) is 0 Å². The second-order valence-corrected chi connectivity index (χ2v) is 11.1. The molecule has 4 aliphatic rings. The third-order valence-electron chi connectivity index (χ3n) is 8.60. The largest absolute Gasteiger partial charge is 0.372 e. The van der Waals surface area contributed by atoms with Gasteiger partial charge < -0.3 is 15.5 Å². The van der Waals surface area contributed by atoms with E-state index in [1.54, 1.807) is 0 Å². The van der Waals surface area contributed by atoms with E-state index in [9.17, 15) is 4.79 Å². The summed E-state index contributed by atoms with van der Waals surface area (Å²) in [5.41, 5.74) is 4.83. The van der Waals surface area contributed by atoms with Gasteiger partial charge in [-0.15, -0.1) is 0 Å². The maximum atomic E-state index is 13.5. The number of nitrogens with zero attached hydrogens (tertiary/aromatic N) is 4. The van der Waals surface area contributed by atoms with Crippen LogP contribution < -0.4 is 10.6 Å². The quantitative estimate of drug-likeness (QED) is 0.404. The third-order valence-corrected chi connectivity index (χ3v) is 8.87. The number of carbonyl (C=O) groups is 1. The first-order chi connectivity index (χ1) is 17.5. The average Bonchev–Trinajstić information content (AvgIpc) is 3.58. The Hall–Kier alpha value is -3.32. The predicted octanol–water partition coefficient (Wildman–Crippen LogP) is 4.69.